The standard InChI is InChI=1S/C70H139NO8/c1-3-5-7-9-11-13-15-17-19-21-23-24-25-26-27-28-29-30-31-32-33-34-35-36-37-38-39-40-41-42-44-46-48-50-52-54-56-58-60-66(74)71-63(62-78-70-69(77)68(76)67(75)65(61-72)79-70)64(73)59-57-55-53-51-49-47-45-43-22-20-18-16-14-12-10-8-6-4-2/h63-65,67-70,72-73,75-77H,3-62H2,1-2H3,(H,71,74). The van der Waals surface area contributed by atoms with Crippen molar-refractivity contribution >= 4 is 5.91 Å². The molecule has 9 heteroatoms. The molecule has 1 rings (SSSR count). The number of amides is 1. The van der Waals surface area contributed by atoms with Gasteiger partial charge in [-0.15, -0.1) is 0 Å². The first-order valence-electron chi connectivity index (χ1n) is 35.7. The third-order valence-corrected chi connectivity index (χ3v) is 17.7. The second-order valence-electron chi connectivity index (χ2n) is 25.4. The zero-order valence-corrected chi connectivity index (χ0v) is 52.9. The molecule has 79 heavy (non-hydrogen) atoms. The number of nitrogens with one attached hydrogen (secondary N) is 1. The van der Waals surface area contributed by atoms with Crippen LogP contribution in [0.1, 0.15) is 386 Å². The van der Waals surface area contributed by atoms with Crippen molar-refractivity contribution in [3.63, 3.8) is 0 Å². The fraction of sp³-hybridized carbons (Fsp3) is 0.986. The summed E-state index contributed by atoms with van der Waals surface area (Å²) in [7, 11) is 0. The van der Waals surface area contributed by atoms with Gasteiger partial charge in [0.2, 0.25) is 5.91 Å². The van der Waals surface area contributed by atoms with Crippen LogP contribution in [0.2, 0.25) is 0 Å². The van der Waals surface area contributed by atoms with Gasteiger partial charge in [0, 0.05) is 6.42 Å². The molecule has 0 saturated carbocycles. The molecule has 0 aromatic carbocycles. The summed E-state index contributed by atoms with van der Waals surface area (Å²) in [5.41, 5.74) is 0. The lowest BCUT2D eigenvalue weighted by Gasteiger charge is -2.40. The Balaban J connectivity index is 2.02. The number of carbonyl (C=O) groups is 1. The molecule has 0 aromatic rings. The minimum Gasteiger partial charge on any atom is -0.394 e. The topological polar surface area (TPSA) is 149 Å². The van der Waals surface area contributed by atoms with Gasteiger partial charge in [-0.05, 0) is 12.8 Å². The Bertz CT molecular complexity index is 1210. The van der Waals surface area contributed by atoms with Gasteiger partial charge < -0.3 is 40.3 Å². The molecule has 1 amide bonds. The fourth-order valence-electron chi connectivity index (χ4n) is 12.1. The Labute approximate surface area is 491 Å². The van der Waals surface area contributed by atoms with Gasteiger partial charge in [-0.1, -0.05) is 367 Å². The highest BCUT2D eigenvalue weighted by molar-refractivity contribution is 5.76. The van der Waals surface area contributed by atoms with Gasteiger partial charge in [-0.2, -0.15) is 0 Å². The molecule has 472 valence electrons. The lowest BCUT2D eigenvalue weighted by atomic mass is 9.99. The molecule has 1 aliphatic rings. The number of hydrogen-bond acceptors (Lipinski definition) is 8. The van der Waals surface area contributed by atoms with Crippen molar-refractivity contribution in [2.75, 3.05) is 13.2 Å². The van der Waals surface area contributed by atoms with Gasteiger partial charge in [0.1, 0.15) is 24.4 Å². The molecule has 1 heterocycles. The average Bonchev–Trinajstić information content (AvgIpc) is 3.46. The molecular weight excluding hydrogens is 983 g/mol. The summed E-state index contributed by atoms with van der Waals surface area (Å²) in [6.07, 6.45) is 69.1. The number of carbonyl (C=O) groups excluding carboxylic acids is 1. The van der Waals surface area contributed by atoms with Gasteiger partial charge >= 0.3 is 0 Å². The minimum atomic E-state index is -1.55. The van der Waals surface area contributed by atoms with E-state index in [2.05, 4.69) is 19.2 Å². The van der Waals surface area contributed by atoms with E-state index in [0.29, 0.717) is 12.8 Å². The highest BCUT2D eigenvalue weighted by atomic mass is 16.7. The molecule has 6 N–H and O–H groups in total. The number of rotatable bonds is 64. The third-order valence-electron chi connectivity index (χ3n) is 17.7. The molecular formula is C70H139NO8. The third kappa shape index (κ3) is 49.2. The smallest absolute Gasteiger partial charge is 0.220 e. The molecule has 9 nitrogen and oxygen atoms in total. The maximum atomic E-state index is 13.1. The molecule has 1 saturated heterocycles. The normalized spacial score (nSPS) is 18.4. The Morgan fingerprint density at radius 1 is 0.380 bits per heavy atom. The van der Waals surface area contributed by atoms with Crippen LogP contribution in [0, 0.1) is 0 Å². The zero-order valence-electron chi connectivity index (χ0n) is 52.9. The molecule has 0 aromatic heterocycles. The first-order chi connectivity index (χ1) is 38.8. The molecule has 0 bridgehead atoms. The predicted molar refractivity (Wildman–Crippen MR) is 337 cm³/mol. The largest absolute Gasteiger partial charge is 0.394 e. The van der Waals surface area contributed by atoms with Gasteiger partial charge in [0.05, 0.1) is 25.4 Å². The van der Waals surface area contributed by atoms with Crippen molar-refractivity contribution in [1.82, 2.24) is 5.32 Å². The predicted octanol–water partition coefficient (Wildman–Crippen LogP) is 19.3. The molecule has 1 aliphatic heterocycles. The Hall–Kier alpha value is -0.810. The van der Waals surface area contributed by atoms with E-state index in [1.165, 1.54) is 321 Å². The van der Waals surface area contributed by atoms with Gasteiger partial charge in [-0.25, -0.2) is 0 Å². The number of aliphatic hydroxyl groups excluding tert-OH is 5. The second-order valence-corrected chi connectivity index (χ2v) is 25.4. The monoisotopic (exact) mass is 1120 g/mol. The Kier molecular flexibility index (Phi) is 58.2. The van der Waals surface area contributed by atoms with Gasteiger partial charge in [-0.3, -0.25) is 4.79 Å². The van der Waals surface area contributed by atoms with E-state index in [0.717, 1.165) is 38.5 Å². The summed E-state index contributed by atoms with van der Waals surface area (Å²) < 4.78 is 11.4. The van der Waals surface area contributed by atoms with Crippen molar-refractivity contribution in [3.8, 4) is 0 Å². The Morgan fingerprint density at radius 2 is 0.633 bits per heavy atom. The number of unbranched alkanes of at least 4 members (excludes halogenated alkanes) is 54. The molecule has 7 atom stereocenters. The maximum absolute atomic E-state index is 13.1. The highest BCUT2D eigenvalue weighted by Crippen LogP contribution is 2.24. The summed E-state index contributed by atoms with van der Waals surface area (Å²) in [6.45, 7) is 3.90. The number of aliphatic hydroxyl groups is 5. The quantitative estimate of drug-likeness (QED) is 0.0330. The van der Waals surface area contributed by atoms with Gasteiger partial charge in [0.25, 0.3) is 0 Å². The van der Waals surface area contributed by atoms with Crippen LogP contribution >= 0.6 is 0 Å². The van der Waals surface area contributed by atoms with Crippen molar-refractivity contribution in [2.24, 2.45) is 0 Å². The lowest BCUT2D eigenvalue weighted by Crippen LogP contribution is -2.60. The zero-order chi connectivity index (χ0) is 57.2. The van der Waals surface area contributed by atoms with E-state index >= 15 is 0 Å². The lowest BCUT2D eigenvalue weighted by molar-refractivity contribution is -0.302. The second kappa shape index (κ2) is 60.3. The van der Waals surface area contributed by atoms with Crippen LogP contribution in [0.15, 0.2) is 0 Å². The van der Waals surface area contributed by atoms with E-state index in [1.807, 2.05) is 0 Å². The first kappa shape index (κ1) is 76.2. The number of ether oxygens (including phenoxy) is 2. The SMILES string of the molecule is CCCCCCCCCCCCCCCCCCCCCCCCCCCCCCCCCCCCCCCCC(=O)NC(COC1OC(CO)C(O)C(O)C1O)C(O)CCCCCCCCCCCCCCCCCCCC. The minimum absolute atomic E-state index is 0.131. The fourth-order valence-corrected chi connectivity index (χ4v) is 12.1. The van der Waals surface area contributed by atoms with Gasteiger partial charge in [0.15, 0.2) is 6.29 Å². The van der Waals surface area contributed by atoms with Crippen LogP contribution in [-0.4, -0.2) is 87.5 Å². The van der Waals surface area contributed by atoms with Crippen LogP contribution in [0.25, 0.3) is 0 Å². The Morgan fingerprint density at radius 3 is 0.899 bits per heavy atom. The van der Waals surface area contributed by atoms with E-state index in [4.69, 9.17) is 9.47 Å². The van der Waals surface area contributed by atoms with Crippen molar-refractivity contribution in [3.05, 3.63) is 0 Å². The highest BCUT2D eigenvalue weighted by Gasteiger charge is 2.44. The molecule has 1 fully saturated rings. The maximum Gasteiger partial charge on any atom is 0.220 e. The van der Waals surface area contributed by atoms with Crippen LogP contribution in [-0.2, 0) is 14.3 Å². The first-order valence-corrected chi connectivity index (χ1v) is 35.7. The van der Waals surface area contributed by atoms with Crippen molar-refractivity contribution in [2.45, 2.75) is 429 Å². The van der Waals surface area contributed by atoms with E-state index < -0.39 is 49.5 Å². The van der Waals surface area contributed by atoms with E-state index in [-0.39, 0.29) is 12.5 Å². The van der Waals surface area contributed by atoms with Crippen molar-refractivity contribution in [1.29, 1.82) is 0 Å². The number of hydrogen-bond donors (Lipinski definition) is 6. The summed E-state index contributed by atoms with van der Waals surface area (Å²) in [5, 5.41) is 54.9. The summed E-state index contributed by atoms with van der Waals surface area (Å²) in [4.78, 5) is 13.1. The van der Waals surface area contributed by atoms with Crippen LogP contribution in [0.5, 0.6) is 0 Å². The van der Waals surface area contributed by atoms with Crippen LogP contribution < -0.4 is 5.32 Å². The summed E-state index contributed by atoms with van der Waals surface area (Å²) in [5.74, 6) is -0.134. The average molecular weight is 1120 g/mol. The van der Waals surface area contributed by atoms with Crippen LogP contribution in [0.3, 0.4) is 0 Å². The van der Waals surface area contributed by atoms with Crippen LogP contribution in [0.4, 0.5) is 0 Å². The van der Waals surface area contributed by atoms with E-state index in [9.17, 15) is 30.3 Å². The van der Waals surface area contributed by atoms with Crippen molar-refractivity contribution < 1.29 is 39.8 Å². The summed E-state index contributed by atoms with van der Waals surface area (Å²) >= 11 is 0. The molecule has 0 radical (unpaired) electrons. The summed E-state index contributed by atoms with van der Waals surface area (Å²) in [6, 6.07) is -0.714. The molecule has 0 spiro atoms. The van der Waals surface area contributed by atoms with E-state index in [1.54, 1.807) is 0 Å². The molecule has 0 aliphatic carbocycles. The molecule has 7 unspecified atom stereocenters.